The molecule has 2 aromatic heterocycles. The summed E-state index contributed by atoms with van der Waals surface area (Å²) in [6, 6.07) is 9.83. The minimum absolute atomic E-state index is 0.0556. The Morgan fingerprint density at radius 1 is 1.21 bits per heavy atom. The minimum atomic E-state index is -0.119. The number of nitrogens with one attached hydrogen (secondary N) is 1. The van der Waals surface area contributed by atoms with Crippen LogP contribution in [0.5, 0.6) is 0 Å². The van der Waals surface area contributed by atoms with Crippen molar-refractivity contribution in [1.82, 2.24) is 25.3 Å². The molecule has 1 aromatic carbocycles. The van der Waals surface area contributed by atoms with Gasteiger partial charge < -0.3 is 16.0 Å². The van der Waals surface area contributed by atoms with Gasteiger partial charge in [0.1, 0.15) is 5.82 Å². The van der Waals surface area contributed by atoms with Gasteiger partial charge in [-0.15, -0.1) is 0 Å². The molecule has 0 saturated heterocycles. The van der Waals surface area contributed by atoms with Crippen molar-refractivity contribution < 1.29 is 4.79 Å². The molecule has 1 aliphatic carbocycles. The van der Waals surface area contributed by atoms with Crippen LogP contribution in [-0.4, -0.2) is 46.0 Å². The van der Waals surface area contributed by atoms with Crippen molar-refractivity contribution in [2.24, 2.45) is 0 Å². The zero-order valence-electron chi connectivity index (χ0n) is 16.6. The van der Waals surface area contributed by atoms with E-state index in [2.05, 4.69) is 20.3 Å². The Morgan fingerprint density at radius 2 is 1.97 bits per heavy atom. The van der Waals surface area contributed by atoms with Crippen molar-refractivity contribution in [3.63, 3.8) is 0 Å². The van der Waals surface area contributed by atoms with Crippen LogP contribution in [0.1, 0.15) is 41.2 Å². The second kappa shape index (κ2) is 7.82. The molecule has 8 nitrogen and oxygen atoms in total. The smallest absolute Gasteiger partial charge is 0.252 e. The van der Waals surface area contributed by atoms with Gasteiger partial charge in [-0.25, -0.2) is 4.98 Å². The molecule has 0 bridgehead atoms. The number of para-hydroxylation sites is 1. The molecule has 1 amide bonds. The highest BCUT2D eigenvalue weighted by Crippen LogP contribution is 2.34. The molecule has 1 fully saturated rings. The maximum Gasteiger partial charge on any atom is 0.252 e. The summed E-state index contributed by atoms with van der Waals surface area (Å²) in [7, 11) is 3.71. The van der Waals surface area contributed by atoms with Gasteiger partial charge in [-0.2, -0.15) is 15.0 Å². The van der Waals surface area contributed by atoms with Gasteiger partial charge in [0.05, 0.1) is 21.4 Å². The molecule has 9 heteroatoms. The molecule has 0 spiro atoms. The maximum absolute atomic E-state index is 12.8. The fraction of sp³-hybridized carbons (Fsp3) is 0.350. The van der Waals surface area contributed by atoms with Gasteiger partial charge in [0.25, 0.3) is 5.91 Å². The van der Waals surface area contributed by atoms with Gasteiger partial charge in [0.2, 0.25) is 11.9 Å². The first-order valence-corrected chi connectivity index (χ1v) is 10.3. The summed E-state index contributed by atoms with van der Waals surface area (Å²) in [5.74, 6) is 1.21. The molecule has 0 radical (unpaired) electrons. The molecule has 0 aliphatic heterocycles. The van der Waals surface area contributed by atoms with Crippen LogP contribution >= 0.6 is 11.8 Å². The van der Waals surface area contributed by atoms with Gasteiger partial charge in [-0.1, -0.05) is 30.0 Å². The van der Waals surface area contributed by atoms with Gasteiger partial charge >= 0.3 is 0 Å². The summed E-state index contributed by atoms with van der Waals surface area (Å²) in [4.78, 5) is 32.2. The average Bonchev–Trinajstić information content (AvgIpc) is 3.50. The van der Waals surface area contributed by atoms with E-state index in [1.165, 1.54) is 11.8 Å². The first kappa shape index (κ1) is 19.4. The molecule has 1 atom stereocenters. The Balaban J connectivity index is 1.66. The molecule has 1 aliphatic rings. The Kier molecular flexibility index (Phi) is 5.23. The Hall–Kier alpha value is -2.94. The molecule has 3 aromatic rings. The second-order valence-electron chi connectivity index (χ2n) is 7.28. The fourth-order valence-electron chi connectivity index (χ4n) is 2.90. The Labute approximate surface area is 173 Å². The standard InChI is InChI=1S/C20H23N7OS/c1-11(17-24-19(21)26-20(25-17)27(2)3)29-16-10-14(18(28)22-12-8-9-12)13-6-4-5-7-15(13)23-16/h4-7,10-12H,8-9H2,1-3H3,(H,22,28)(H2,21,24,25,26)/t11-/m1/s1. The quantitative estimate of drug-likeness (QED) is 0.598. The second-order valence-corrected chi connectivity index (χ2v) is 8.64. The van der Waals surface area contributed by atoms with Crippen molar-refractivity contribution in [2.75, 3.05) is 24.7 Å². The molecule has 150 valence electrons. The molecule has 1 saturated carbocycles. The van der Waals surface area contributed by atoms with Crippen LogP contribution in [0.25, 0.3) is 10.9 Å². The van der Waals surface area contributed by atoms with E-state index < -0.39 is 0 Å². The topological polar surface area (TPSA) is 110 Å². The number of benzene rings is 1. The summed E-state index contributed by atoms with van der Waals surface area (Å²) in [6.07, 6.45) is 2.09. The number of anilines is 2. The SMILES string of the molecule is C[C@@H](Sc1cc(C(=O)NC2CC2)c2ccccc2n1)c1nc(N)nc(N(C)C)n1. The average molecular weight is 410 g/mol. The van der Waals surface area contributed by atoms with Crippen LogP contribution in [0.4, 0.5) is 11.9 Å². The molecule has 29 heavy (non-hydrogen) atoms. The predicted molar refractivity (Wildman–Crippen MR) is 115 cm³/mol. The number of pyridine rings is 1. The van der Waals surface area contributed by atoms with Crippen LogP contribution in [0.3, 0.4) is 0 Å². The molecular weight excluding hydrogens is 386 g/mol. The lowest BCUT2D eigenvalue weighted by Gasteiger charge is -2.15. The van der Waals surface area contributed by atoms with Crippen molar-refractivity contribution in [2.45, 2.75) is 36.1 Å². The number of thioether (sulfide) groups is 1. The van der Waals surface area contributed by atoms with E-state index in [9.17, 15) is 4.79 Å². The predicted octanol–water partition coefficient (Wildman–Crippen LogP) is 2.81. The van der Waals surface area contributed by atoms with Gasteiger partial charge in [-0.05, 0) is 31.9 Å². The molecule has 2 heterocycles. The summed E-state index contributed by atoms with van der Waals surface area (Å²) in [6.45, 7) is 1.99. The number of aromatic nitrogens is 4. The zero-order chi connectivity index (χ0) is 20.5. The molecule has 0 unspecified atom stereocenters. The monoisotopic (exact) mass is 409 g/mol. The van der Waals surface area contributed by atoms with Gasteiger partial charge in [-0.3, -0.25) is 4.79 Å². The summed E-state index contributed by atoms with van der Waals surface area (Å²) in [5.41, 5.74) is 7.28. The number of hydrogen-bond donors (Lipinski definition) is 2. The molecular formula is C20H23N7OS. The van der Waals surface area contributed by atoms with E-state index in [1.807, 2.05) is 51.4 Å². The highest BCUT2D eigenvalue weighted by atomic mass is 32.2. The fourth-order valence-corrected chi connectivity index (χ4v) is 3.81. The van der Waals surface area contributed by atoms with E-state index >= 15 is 0 Å². The Bertz CT molecular complexity index is 1070. The van der Waals surface area contributed by atoms with Crippen molar-refractivity contribution in [3.05, 3.63) is 41.7 Å². The van der Waals surface area contributed by atoms with E-state index in [1.54, 1.807) is 4.90 Å². The number of rotatable bonds is 6. The highest BCUT2D eigenvalue weighted by Gasteiger charge is 2.25. The van der Waals surface area contributed by atoms with Crippen LogP contribution in [-0.2, 0) is 0 Å². The van der Waals surface area contributed by atoms with E-state index in [0.29, 0.717) is 23.4 Å². The number of nitrogens with zero attached hydrogens (tertiary/aromatic N) is 5. The van der Waals surface area contributed by atoms with E-state index in [4.69, 9.17) is 10.7 Å². The van der Waals surface area contributed by atoms with Crippen LogP contribution < -0.4 is 16.0 Å². The number of amides is 1. The zero-order valence-corrected chi connectivity index (χ0v) is 17.4. The maximum atomic E-state index is 12.8. The largest absolute Gasteiger partial charge is 0.368 e. The number of nitrogen functional groups attached to an aromatic ring is 1. The lowest BCUT2D eigenvalue weighted by molar-refractivity contribution is 0.0952. The van der Waals surface area contributed by atoms with Crippen LogP contribution in [0.2, 0.25) is 0 Å². The normalized spacial score (nSPS) is 14.6. The van der Waals surface area contributed by atoms with Crippen molar-refractivity contribution >= 4 is 40.5 Å². The molecule has 4 rings (SSSR count). The summed E-state index contributed by atoms with van der Waals surface area (Å²) >= 11 is 1.49. The van der Waals surface area contributed by atoms with E-state index in [0.717, 1.165) is 28.8 Å². The third-order valence-corrected chi connectivity index (χ3v) is 5.58. The number of nitrogens with two attached hydrogens (primary N) is 1. The van der Waals surface area contributed by atoms with Gasteiger partial charge in [0.15, 0.2) is 0 Å². The van der Waals surface area contributed by atoms with E-state index in [-0.39, 0.29) is 17.1 Å². The highest BCUT2D eigenvalue weighted by molar-refractivity contribution is 7.99. The summed E-state index contributed by atoms with van der Waals surface area (Å²) in [5, 5.41) is 4.54. The third-order valence-electron chi connectivity index (χ3n) is 4.57. The van der Waals surface area contributed by atoms with Crippen LogP contribution in [0, 0.1) is 0 Å². The summed E-state index contributed by atoms with van der Waals surface area (Å²) < 4.78 is 0. The first-order chi connectivity index (χ1) is 13.9. The first-order valence-electron chi connectivity index (χ1n) is 9.47. The van der Waals surface area contributed by atoms with Crippen LogP contribution in [0.15, 0.2) is 35.4 Å². The molecule has 3 N–H and O–H groups in total. The number of fused-ring (bicyclic) bond motifs is 1. The van der Waals surface area contributed by atoms with Crippen molar-refractivity contribution in [3.8, 4) is 0 Å². The number of carbonyl (C=O) groups is 1. The number of hydrogen-bond acceptors (Lipinski definition) is 8. The third kappa shape index (κ3) is 4.40. The number of carbonyl (C=O) groups excluding carboxylic acids is 1. The lowest BCUT2D eigenvalue weighted by Crippen LogP contribution is -2.25. The van der Waals surface area contributed by atoms with Crippen molar-refractivity contribution in [1.29, 1.82) is 0 Å². The lowest BCUT2D eigenvalue weighted by atomic mass is 10.1. The van der Waals surface area contributed by atoms with Gasteiger partial charge in [0, 0.05) is 25.5 Å². The minimum Gasteiger partial charge on any atom is -0.368 e. The Morgan fingerprint density at radius 3 is 2.69 bits per heavy atom.